The summed E-state index contributed by atoms with van der Waals surface area (Å²) in [6.45, 7) is 0.723. The highest BCUT2D eigenvalue weighted by Gasteiger charge is 2.12. The molecular formula is C15H14N2OS2. The van der Waals surface area contributed by atoms with E-state index in [2.05, 4.69) is 39.6 Å². The van der Waals surface area contributed by atoms with Crippen LogP contribution >= 0.6 is 23.1 Å². The van der Waals surface area contributed by atoms with Gasteiger partial charge in [0.15, 0.2) is 0 Å². The zero-order valence-electron chi connectivity index (χ0n) is 11.1. The summed E-state index contributed by atoms with van der Waals surface area (Å²) in [5.74, 6) is 0.896. The molecular weight excluding hydrogens is 288 g/mol. The maximum atomic E-state index is 5.11. The summed E-state index contributed by atoms with van der Waals surface area (Å²) in [4.78, 5) is 9.86. The number of methoxy groups -OCH3 is 1. The van der Waals surface area contributed by atoms with Gasteiger partial charge >= 0.3 is 0 Å². The quantitative estimate of drug-likeness (QED) is 0.404. The van der Waals surface area contributed by atoms with Gasteiger partial charge in [0.2, 0.25) is 0 Å². The summed E-state index contributed by atoms with van der Waals surface area (Å²) >= 11 is 3.38. The van der Waals surface area contributed by atoms with Crippen LogP contribution < -0.4 is 0 Å². The molecule has 0 spiro atoms. The average molecular weight is 302 g/mol. The Hall–Kier alpha value is -1.43. The molecule has 0 aliphatic rings. The number of thioether (sulfide) groups is 1. The number of rotatable bonds is 5. The molecule has 0 N–H and O–H groups in total. The zero-order valence-corrected chi connectivity index (χ0v) is 12.7. The second-order valence-corrected chi connectivity index (χ2v) is 6.16. The molecule has 20 heavy (non-hydrogen) atoms. The molecule has 0 aliphatic heterocycles. The van der Waals surface area contributed by atoms with Crippen LogP contribution in [0.25, 0.3) is 21.3 Å². The van der Waals surface area contributed by atoms with Gasteiger partial charge < -0.3 is 4.74 Å². The van der Waals surface area contributed by atoms with Crippen molar-refractivity contribution in [2.75, 3.05) is 19.5 Å². The van der Waals surface area contributed by atoms with Gasteiger partial charge in [-0.15, -0.1) is 23.1 Å². The van der Waals surface area contributed by atoms with Crippen molar-refractivity contribution >= 4 is 33.3 Å². The molecule has 0 saturated carbocycles. The summed E-state index contributed by atoms with van der Waals surface area (Å²) < 4.78 is 5.11. The van der Waals surface area contributed by atoms with Crippen LogP contribution in [0.1, 0.15) is 0 Å². The van der Waals surface area contributed by atoms with E-state index in [1.807, 2.05) is 6.07 Å². The first kappa shape index (κ1) is 13.5. The predicted octanol–water partition coefficient (Wildman–Crippen LogP) is 4.10. The smallest absolute Gasteiger partial charge is 0.128 e. The summed E-state index contributed by atoms with van der Waals surface area (Å²) in [5.41, 5.74) is 2.42. The van der Waals surface area contributed by atoms with Crippen LogP contribution in [0.3, 0.4) is 0 Å². The molecule has 0 fully saturated rings. The third kappa shape index (κ3) is 2.70. The highest BCUT2D eigenvalue weighted by Crippen LogP contribution is 2.37. The lowest BCUT2D eigenvalue weighted by Gasteiger charge is -2.04. The minimum Gasteiger partial charge on any atom is -0.384 e. The fourth-order valence-electron chi connectivity index (χ4n) is 2.01. The van der Waals surface area contributed by atoms with Gasteiger partial charge in [-0.3, -0.25) is 0 Å². The largest absolute Gasteiger partial charge is 0.384 e. The molecule has 1 aromatic carbocycles. The van der Waals surface area contributed by atoms with Crippen LogP contribution in [-0.2, 0) is 4.74 Å². The third-order valence-electron chi connectivity index (χ3n) is 2.95. The van der Waals surface area contributed by atoms with E-state index in [0.717, 1.165) is 27.6 Å². The van der Waals surface area contributed by atoms with Crippen molar-refractivity contribution in [2.24, 2.45) is 0 Å². The lowest BCUT2D eigenvalue weighted by Crippen LogP contribution is -1.93. The van der Waals surface area contributed by atoms with Gasteiger partial charge in [-0.05, 0) is 5.56 Å². The number of thiophene rings is 1. The maximum Gasteiger partial charge on any atom is 0.128 e. The molecule has 2 aromatic heterocycles. The van der Waals surface area contributed by atoms with E-state index in [4.69, 9.17) is 4.74 Å². The molecule has 0 unspecified atom stereocenters. The Balaban J connectivity index is 2.05. The zero-order chi connectivity index (χ0) is 13.8. The fourth-order valence-corrected chi connectivity index (χ4v) is 3.91. The van der Waals surface area contributed by atoms with Crippen molar-refractivity contribution in [3.05, 3.63) is 42.0 Å². The lowest BCUT2D eigenvalue weighted by atomic mass is 10.1. The SMILES string of the molecule is COCCSc1ncnc2scc(-c3ccccc3)c12. The van der Waals surface area contributed by atoms with Gasteiger partial charge in [0.1, 0.15) is 16.2 Å². The second kappa shape index (κ2) is 6.35. The van der Waals surface area contributed by atoms with Gasteiger partial charge in [0.05, 0.1) is 12.0 Å². The van der Waals surface area contributed by atoms with Crippen molar-refractivity contribution in [1.29, 1.82) is 0 Å². The van der Waals surface area contributed by atoms with E-state index in [1.165, 1.54) is 11.1 Å². The molecule has 0 amide bonds. The number of hydrogen-bond acceptors (Lipinski definition) is 5. The monoisotopic (exact) mass is 302 g/mol. The highest BCUT2D eigenvalue weighted by atomic mass is 32.2. The Bertz CT molecular complexity index is 697. The number of hydrogen-bond donors (Lipinski definition) is 0. The molecule has 102 valence electrons. The summed E-state index contributed by atoms with van der Waals surface area (Å²) in [7, 11) is 1.72. The summed E-state index contributed by atoms with van der Waals surface area (Å²) in [6, 6.07) is 10.4. The van der Waals surface area contributed by atoms with Crippen molar-refractivity contribution in [1.82, 2.24) is 9.97 Å². The number of nitrogens with zero attached hydrogens (tertiary/aromatic N) is 2. The van der Waals surface area contributed by atoms with Gasteiger partial charge in [0.25, 0.3) is 0 Å². The van der Waals surface area contributed by atoms with Gasteiger partial charge in [0, 0.05) is 23.8 Å². The number of benzene rings is 1. The Labute approximate surface area is 126 Å². The molecule has 3 rings (SSSR count). The van der Waals surface area contributed by atoms with Crippen LogP contribution in [-0.4, -0.2) is 29.4 Å². The highest BCUT2D eigenvalue weighted by molar-refractivity contribution is 7.99. The first-order valence-electron chi connectivity index (χ1n) is 6.29. The van der Waals surface area contributed by atoms with Crippen molar-refractivity contribution in [2.45, 2.75) is 5.03 Å². The van der Waals surface area contributed by atoms with Gasteiger partial charge in [-0.25, -0.2) is 9.97 Å². The van der Waals surface area contributed by atoms with E-state index in [1.54, 1.807) is 36.5 Å². The minimum absolute atomic E-state index is 0.723. The molecule has 3 aromatic rings. The molecule has 0 atom stereocenters. The Morgan fingerprint density at radius 2 is 2.05 bits per heavy atom. The van der Waals surface area contributed by atoms with Crippen LogP contribution in [0.2, 0.25) is 0 Å². The number of ether oxygens (including phenoxy) is 1. The van der Waals surface area contributed by atoms with E-state index in [9.17, 15) is 0 Å². The molecule has 0 saturated heterocycles. The molecule has 2 heterocycles. The Morgan fingerprint density at radius 1 is 1.20 bits per heavy atom. The van der Waals surface area contributed by atoms with E-state index >= 15 is 0 Å². The molecule has 0 radical (unpaired) electrons. The molecule has 0 bridgehead atoms. The van der Waals surface area contributed by atoms with Crippen LogP contribution in [0.4, 0.5) is 0 Å². The minimum atomic E-state index is 0.723. The predicted molar refractivity (Wildman–Crippen MR) is 85.5 cm³/mol. The molecule has 0 aliphatic carbocycles. The standard InChI is InChI=1S/C15H14N2OS2/c1-18-7-8-19-14-13-12(11-5-3-2-4-6-11)9-20-15(13)17-10-16-14/h2-6,9-10H,7-8H2,1H3. The van der Waals surface area contributed by atoms with Crippen LogP contribution in [0.15, 0.2) is 47.1 Å². The molecule has 5 heteroatoms. The van der Waals surface area contributed by atoms with E-state index < -0.39 is 0 Å². The van der Waals surface area contributed by atoms with Crippen molar-refractivity contribution < 1.29 is 4.74 Å². The topological polar surface area (TPSA) is 35.0 Å². The first-order valence-corrected chi connectivity index (χ1v) is 8.16. The average Bonchev–Trinajstić information content (AvgIpc) is 2.93. The number of aromatic nitrogens is 2. The van der Waals surface area contributed by atoms with Gasteiger partial charge in [-0.1, -0.05) is 30.3 Å². The Morgan fingerprint density at radius 3 is 2.85 bits per heavy atom. The number of fused-ring (bicyclic) bond motifs is 1. The lowest BCUT2D eigenvalue weighted by molar-refractivity contribution is 0.218. The molecule has 3 nitrogen and oxygen atoms in total. The van der Waals surface area contributed by atoms with Crippen LogP contribution in [0.5, 0.6) is 0 Å². The van der Waals surface area contributed by atoms with Crippen molar-refractivity contribution in [3.8, 4) is 11.1 Å². The van der Waals surface area contributed by atoms with E-state index in [0.29, 0.717) is 0 Å². The van der Waals surface area contributed by atoms with Gasteiger partial charge in [-0.2, -0.15) is 0 Å². The van der Waals surface area contributed by atoms with Crippen LogP contribution in [0, 0.1) is 0 Å². The normalized spacial score (nSPS) is 11.1. The van der Waals surface area contributed by atoms with Crippen molar-refractivity contribution in [3.63, 3.8) is 0 Å². The van der Waals surface area contributed by atoms with E-state index in [-0.39, 0.29) is 0 Å². The first-order chi connectivity index (χ1) is 9.90. The fraction of sp³-hybridized carbons (Fsp3) is 0.200. The summed E-state index contributed by atoms with van der Waals surface area (Å²) in [5, 5.41) is 4.35. The third-order valence-corrected chi connectivity index (χ3v) is 4.79. The summed E-state index contributed by atoms with van der Waals surface area (Å²) in [6.07, 6.45) is 1.64. The second-order valence-electron chi connectivity index (χ2n) is 4.22. The Kier molecular flexibility index (Phi) is 4.30. The maximum absolute atomic E-state index is 5.11.